The first-order valence-electron chi connectivity index (χ1n) is 9.65. The minimum Gasteiger partial charge on any atom is -0.351 e. The van der Waals surface area contributed by atoms with Crippen LogP contribution in [0.25, 0.3) is 26.1 Å². The summed E-state index contributed by atoms with van der Waals surface area (Å²) in [7, 11) is 0. The third-order valence-corrected chi connectivity index (χ3v) is 6.53. The number of amides is 1. The summed E-state index contributed by atoms with van der Waals surface area (Å²) in [5.41, 5.74) is 0.755. The molecule has 1 aromatic carbocycles. The number of aromatic nitrogens is 2. The third kappa shape index (κ3) is 3.08. The van der Waals surface area contributed by atoms with Gasteiger partial charge in [-0.25, -0.2) is 9.37 Å². The Bertz CT molecular complexity index is 1310. The molecule has 148 valence electrons. The number of pyridine rings is 2. The lowest BCUT2D eigenvalue weighted by Crippen LogP contribution is -2.35. The molecule has 1 N–H and O–H groups in total. The number of likely N-dealkylation sites (tertiary alicyclic amines) is 1. The van der Waals surface area contributed by atoms with E-state index < -0.39 is 17.2 Å². The van der Waals surface area contributed by atoms with E-state index in [0.29, 0.717) is 17.0 Å². The molecule has 0 bridgehead atoms. The SMILES string of the molecule is O=C(NCCN1CCCC1)c1c(=O)c2cc(F)cnc2n2c1sc1ccccc12. The molecule has 1 aliphatic rings. The highest BCUT2D eigenvalue weighted by atomic mass is 32.1. The van der Waals surface area contributed by atoms with E-state index in [-0.39, 0.29) is 10.9 Å². The van der Waals surface area contributed by atoms with Gasteiger partial charge in [0.1, 0.15) is 21.9 Å². The molecule has 0 aliphatic carbocycles. The van der Waals surface area contributed by atoms with Gasteiger partial charge in [0.2, 0.25) is 5.43 Å². The van der Waals surface area contributed by atoms with Gasteiger partial charge in [-0.2, -0.15) is 0 Å². The van der Waals surface area contributed by atoms with Crippen molar-refractivity contribution in [3.8, 4) is 0 Å². The maximum Gasteiger partial charge on any atom is 0.258 e. The van der Waals surface area contributed by atoms with Crippen molar-refractivity contribution in [3.05, 3.63) is 58.1 Å². The summed E-state index contributed by atoms with van der Waals surface area (Å²) in [6.07, 6.45) is 3.46. The average Bonchev–Trinajstić information content (AvgIpc) is 3.36. The second-order valence-corrected chi connectivity index (χ2v) is 8.27. The predicted octanol–water partition coefficient (Wildman–Crippen LogP) is 3.03. The van der Waals surface area contributed by atoms with Crippen molar-refractivity contribution in [2.24, 2.45) is 0 Å². The minimum atomic E-state index is -0.602. The van der Waals surface area contributed by atoms with Crippen LogP contribution in [0.1, 0.15) is 23.2 Å². The largest absolute Gasteiger partial charge is 0.351 e. The van der Waals surface area contributed by atoms with Gasteiger partial charge in [-0.05, 0) is 44.1 Å². The van der Waals surface area contributed by atoms with Crippen molar-refractivity contribution in [2.75, 3.05) is 26.2 Å². The molecule has 0 atom stereocenters. The molecule has 1 amide bonds. The summed E-state index contributed by atoms with van der Waals surface area (Å²) in [5.74, 6) is -1.03. The predicted molar refractivity (Wildman–Crippen MR) is 112 cm³/mol. The fraction of sp³-hybridized carbons (Fsp3) is 0.286. The van der Waals surface area contributed by atoms with Gasteiger partial charge in [0.25, 0.3) is 5.91 Å². The van der Waals surface area contributed by atoms with E-state index in [2.05, 4.69) is 15.2 Å². The number of hydrogen-bond acceptors (Lipinski definition) is 5. The number of para-hydroxylation sites is 1. The topological polar surface area (TPSA) is 66.7 Å². The second-order valence-electron chi connectivity index (χ2n) is 7.24. The van der Waals surface area contributed by atoms with E-state index in [0.717, 1.165) is 42.1 Å². The number of fused-ring (bicyclic) bond motifs is 5. The van der Waals surface area contributed by atoms with Crippen molar-refractivity contribution in [1.29, 1.82) is 0 Å². The van der Waals surface area contributed by atoms with Crippen LogP contribution in [0.15, 0.2) is 41.3 Å². The van der Waals surface area contributed by atoms with Gasteiger partial charge in [-0.3, -0.25) is 14.0 Å². The Labute approximate surface area is 169 Å². The van der Waals surface area contributed by atoms with Gasteiger partial charge in [0.15, 0.2) is 0 Å². The number of carbonyl (C=O) groups excluding carboxylic acids is 1. The number of halogens is 1. The van der Waals surface area contributed by atoms with Crippen LogP contribution >= 0.6 is 11.3 Å². The molecule has 3 aromatic heterocycles. The van der Waals surface area contributed by atoms with Crippen LogP contribution in [-0.4, -0.2) is 46.4 Å². The molecule has 0 spiro atoms. The van der Waals surface area contributed by atoms with E-state index in [1.807, 2.05) is 24.3 Å². The van der Waals surface area contributed by atoms with Crippen LogP contribution in [-0.2, 0) is 0 Å². The molecule has 5 rings (SSSR count). The van der Waals surface area contributed by atoms with Crippen molar-refractivity contribution >= 4 is 43.3 Å². The van der Waals surface area contributed by atoms with Crippen LogP contribution in [0.2, 0.25) is 0 Å². The molecule has 8 heteroatoms. The standard InChI is InChI=1S/C21H19FN4O2S/c22-13-11-14-18(27)17(20(28)23-7-10-25-8-3-4-9-25)21-26(19(14)24-12-13)15-5-1-2-6-16(15)29-21/h1-2,5-6,11-12H,3-4,7-10H2,(H,23,28). The zero-order valence-electron chi connectivity index (χ0n) is 15.7. The van der Waals surface area contributed by atoms with Crippen LogP contribution in [0.5, 0.6) is 0 Å². The molecule has 0 unspecified atom stereocenters. The molecule has 6 nitrogen and oxygen atoms in total. The third-order valence-electron chi connectivity index (χ3n) is 5.39. The van der Waals surface area contributed by atoms with Gasteiger partial charge in [0, 0.05) is 13.1 Å². The monoisotopic (exact) mass is 410 g/mol. The van der Waals surface area contributed by atoms with Gasteiger partial charge in [-0.1, -0.05) is 12.1 Å². The minimum absolute atomic E-state index is 0.0486. The summed E-state index contributed by atoms with van der Waals surface area (Å²) in [4.78, 5) is 33.1. The molecular formula is C21H19FN4O2S. The molecule has 1 fully saturated rings. The highest BCUT2D eigenvalue weighted by molar-refractivity contribution is 7.24. The Morgan fingerprint density at radius 3 is 2.86 bits per heavy atom. The number of benzene rings is 1. The lowest BCUT2D eigenvalue weighted by Gasteiger charge is -2.15. The number of nitrogens with one attached hydrogen (secondary N) is 1. The Kier molecular flexibility index (Phi) is 4.52. The van der Waals surface area contributed by atoms with E-state index >= 15 is 0 Å². The summed E-state index contributed by atoms with van der Waals surface area (Å²) in [6, 6.07) is 8.79. The Balaban J connectivity index is 1.65. The lowest BCUT2D eigenvalue weighted by atomic mass is 10.1. The van der Waals surface area contributed by atoms with Crippen LogP contribution in [0, 0.1) is 5.82 Å². The first kappa shape index (κ1) is 18.2. The number of hydrogen-bond donors (Lipinski definition) is 1. The van der Waals surface area contributed by atoms with Gasteiger partial charge >= 0.3 is 0 Å². The van der Waals surface area contributed by atoms with E-state index in [4.69, 9.17) is 0 Å². The summed E-state index contributed by atoms with van der Waals surface area (Å²) in [6.45, 7) is 3.31. The van der Waals surface area contributed by atoms with Gasteiger partial charge < -0.3 is 10.2 Å². The van der Waals surface area contributed by atoms with Crippen molar-refractivity contribution < 1.29 is 9.18 Å². The first-order valence-corrected chi connectivity index (χ1v) is 10.5. The molecule has 1 aliphatic heterocycles. The quantitative estimate of drug-likeness (QED) is 0.562. The first-order chi connectivity index (χ1) is 14.1. The molecule has 0 saturated carbocycles. The molecule has 4 heterocycles. The van der Waals surface area contributed by atoms with E-state index in [9.17, 15) is 14.0 Å². The van der Waals surface area contributed by atoms with Crippen molar-refractivity contribution in [2.45, 2.75) is 12.8 Å². The Morgan fingerprint density at radius 2 is 2.03 bits per heavy atom. The number of rotatable bonds is 4. The van der Waals surface area contributed by atoms with Gasteiger partial charge in [0.05, 0.1) is 21.8 Å². The number of nitrogens with zero attached hydrogens (tertiary/aromatic N) is 3. The smallest absolute Gasteiger partial charge is 0.258 e. The second kappa shape index (κ2) is 7.20. The van der Waals surface area contributed by atoms with E-state index in [1.54, 1.807) is 4.40 Å². The van der Waals surface area contributed by atoms with Gasteiger partial charge in [-0.15, -0.1) is 11.3 Å². The highest BCUT2D eigenvalue weighted by Crippen LogP contribution is 2.30. The summed E-state index contributed by atoms with van der Waals surface area (Å²) >= 11 is 1.37. The fourth-order valence-electron chi connectivity index (χ4n) is 3.99. The summed E-state index contributed by atoms with van der Waals surface area (Å²) < 4.78 is 16.6. The lowest BCUT2D eigenvalue weighted by molar-refractivity contribution is 0.0950. The van der Waals surface area contributed by atoms with Crippen molar-refractivity contribution in [1.82, 2.24) is 19.6 Å². The Morgan fingerprint density at radius 1 is 1.24 bits per heavy atom. The maximum atomic E-state index is 13.9. The normalized spacial score (nSPS) is 14.9. The van der Waals surface area contributed by atoms with Crippen LogP contribution in [0.4, 0.5) is 4.39 Å². The molecule has 29 heavy (non-hydrogen) atoms. The number of carbonyl (C=O) groups is 1. The summed E-state index contributed by atoms with van der Waals surface area (Å²) in [5, 5.41) is 2.99. The Hall–Kier alpha value is -2.84. The molecule has 1 saturated heterocycles. The molecule has 4 aromatic rings. The fourth-order valence-corrected chi connectivity index (χ4v) is 5.17. The molecule has 0 radical (unpaired) electrons. The van der Waals surface area contributed by atoms with E-state index in [1.165, 1.54) is 24.2 Å². The van der Waals surface area contributed by atoms with Crippen molar-refractivity contribution in [3.63, 3.8) is 0 Å². The number of thiazole rings is 1. The molecular weight excluding hydrogens is 391 g/mol. The highest BCUT2D eigenvalue weighted by Gasteiger charge is 2.23. The average molecular weight is 410 g/mol. The zero-order chi connectivity index (χ0) is 20.0. The van der Waals surface area contributed by atoms with Crippen LogP contribution in [0.3, 0.4) is 0 Å². The van der Waals surface area contributed by atoms with Crippen LogP contribution < -0.4 is 10.7 Å². The zero-order valence-corrected chi connectivity index (χ0v) is 16.5. The maximum absolute atomic E-state index is 13.9.